The SMILES string of the molecule is COc1ccccc1-c1nnc(SCCOc2cccc(C)c2)o1. The lowest BCUT2D eigenvalue weighted by atomic mass is 10.2. The topological polar surface area (TPSA) is 57.4 Å². The van der Waals surface area contributed by atoms with Gasteiger partial charge in [0, 0.05) is 5.75 Å². The largest absolute Gasteiger partial charge is 0.496 e. The zero-order valence-electron chi connectivity index (χ0n) is 13.6. The van der Waals surface area contributed by atoms with Gasteiger partial charge in [0.2, 0.25) is 0 Å². The second kappa shape index (κ2) is 7.88. The molecule has 0 fully saturated rings. The minimum Gasteiger partial charge on any atom is -0.496 e. The van der Waals surface area contributed by atoms with Gasteiger partial charge in [-0.25, -0.2) is 0 Å². The summed E-state index contributed by atoms with van der Waals surface area (Å²) in [5.74, 6) is 2.76. The van der Waals surface area contributed by atoms with Gasteiger partial charge in [0.25, 0.3) is 11.1 Å². The molecule has 0 aliphatic heterocycles. The highest BCUT2D eigenvalue weighted by Crippen LogP contribution is 2.30. The molecular formula is C18H18N2O3S. The molecule has 0 unspecified atom stereocenters. The molecule has 3 rings (SSSR count). The van der Waals surface area contributed by atoms with Crippen molar-refractivity contribution in [2.75, 3.05) is 19.5 Å². The van der Waals surface area contributed by atoms with Crippen LogP contribution >= 0.6 is 11.8 Å². The minimum absolute atomic E-state index is 0.453. The molecule has 0 atom stereocenters. The van der Waals surface area contributed by atoms with Crippen molar-refractivity contribution in [3.05, 3.63) is 54.1 Å². The summed E-state index contributed by atoms with van der Waals surface area (Å²) in [7, 11) is 1.62. The van der Waals surface area contributed by atoms with E-state index in [9.17, 15) is 0 Å². The van der Waals surface area contributed by atoms with E-state index in [4.69, 9.17) is 13.9 Å². The molecule has 0 radical (unpaired) electrons. The first-order chi connectivity index (χ1) is 11.8. The zero-order chi connectivity index (χ0) is 16.8. The van der Waals surface area contributed by atoms with Crippen molar-refractivity contribution in [3.63, 3.8) is 0 Å². The summed E-state index contributed by atoms with van der Waals surface area (Å²) in [6, 6.07) is 15.5. The van der Waals surface area contributed by atoms with E-state index in [-0.39, 0.29) is 0 Å². The van der Waals surface area contributed by atoms with Crippen LogP contribution in [-0.4, -0.2) is 29.7 Å². The van der Waals surface area contributed by atoms with Gasteiger partial charge in [-0.15, -0.1) is 10.2 Å². The van der Waals surface area contributed by atoms with E-state index >= 15 is 0 Å². The predicted molar refractivity (Wildman–Crippen MR) is 93.7 cm³/mol. The van der Waals surface area contributed by atoms with Crippen LogP contribution in [0.4, 0.5) is 0 Å². The first kappa shape index (κ1) is 16.4. The molecule has 24 heavy (non-hydrogen) atoms. The standard InChI is InChI=1S/C18H18N2O3S/c1-13-6-5-7-14(12-13)22-10-11-24-18-20-19-17(23-18)15-8-3-4-9-16(15)21-2/h3-9,12H,10-11H2,1-2H3. The Morgan fingerprint density at radius 2 is 1.96 bits per heavy atom. The second-order valence-electron chi connectivity index (χ2n) is 5.09. The predicted octanol–water partition coefficient (Wildman–Crippen LogP) is 4.22. The summed E-state index contributed by atoms with van der Waals surface area (Å²) in [6.07, 6.45) is 0. The van der Waals surface area contributed by atoms with Crippen molar-refractivity contribution in [2.45, 2.75) is 12.1 Å². The van der Waals surface area contributed by atoms with Crippen LogP contribution in [0.1, 0.15) is 5.56 Å². The number of para-hydroxylation sites is 1. The number of hydrogen-bond donors (Lipinski definition) is 0. The van der Waals surface area contributed by atoms with E-state index in [1.54, 1.807) is 7.11 Å². The molecule has 6 heteroatoms. The summed E-state index contributed by atoms with van der Waals surface area (Å²) in [6.45, 7) is 2.61. The third-order valence-electron chi connectivity index (χ3n) is 3.31. The Labute approximate surface area is 145 Å². The Morgan fingerprint density at radius 3 is 2.79 bits per heavy atom. The maximum absolute atomic E-state index is 5.71. The highest BCUT2D eigenvalue weighted by Gasteiger charge is 2.13. The van der Waals surface area contributed by atoms with Gasteiger partial charge < -0.3 is 13.9 Å². The van der Waals surface area contributed by atoms with Crippen molar-refractivity contribution in [3.8, 4) is 23.0 Å². The third-order valence-corrected chi connectivity index (χ3v) is 4.09. The van der Waals surface area contributed by atoms with Crippen LogP contribution in [0.5, 0.6) is 11.5 Å². The summed E-state index contributed by atoms with van der Waals surface area (Å²) >= 11 is 1.47. The number of methoxy groups -OCH3 is 1. The van der Waals surface area contributed by atoms with Crippen LogP contribution in [0.15, 0.2) is 58.2 Å². The van der Waals surface area contributed by atoms with Crippen LogP contribution in [0.3, 0.4) is 0 Å². The Kier molecular flexibility index (Phi) is 5.38. The minimum atomic E-state index is 0.453. The second-order valence-corrected chi connectivity index (χ2v) is 6.13. The van der Waals surface area contributed by atoms with Crippen LogP contribution in [0.2, 0.25) is 0 Å². The Balaban J connectivity index is 1.55. The fourth-order valence-electron chi connectivity index (χ4n) is 2.19. The smallest absolute Gasteiger partial charge is 0.276 e. The molecule has 3 aromatic rings. The molecule has 124 valence electrons. The van der Waals surface area contributed by atoms with Gasteiger partial charge in [-0.05, 0) is 36.8 Å². The van der Waals surface area contributed by atoms with Crippen molar-refractivity contribution in [1.82, 2.24) is 10.2 Å². The van der Waals surface area contributed by atoms with Crippen molar-refractivity contribution in [1.29, 1.82) is 0 Å². The molecule has 0 aliphatic carbocycles. The monoisotopic (exact) mass is 342 g/mol. The van der Waals surface area contributed by atoms with Crippen molar-refractivity contribution < 1.29 is 13.9 Å². The number of hydrogen-bond acceptors (Lipinski definition) is 6. The fraction of sp³-hybridized carbons (Fsp3) is 0.222. The maximum atomic E-state index is 5.71. The number of ether oxygens (including phenoxy) is 2. The summed E-state index contributed by atoms with van der Waals surface area (Å²) in [5.41, 5.74) is 1.97. The number of aromatic nitrogens is 2. The fourth-order valence-corrected chi connectivity index (χ4v) is 2.77. The molecule has 0 saturated heterocycles. The lowest BCUT2D eigenvalue weighted by Crippen LogP contribution is -2.00. The van der Waals surface area contributed by atoms with E-state index in [2.05, 4.69) is 10.2 Å². The van der Waals surface area contributed by atoms with Gasteiger partial charge in [0.15, 0.2) is 0 Å². The van der Waals surface area contributed by atoms with Gasteiger partial charge in [-0.3, -0.25) is 0 Å². The van der Waals surface area contributed by atoms with E-state index in [1.807, 2.05) is 55.5 Å². The molecule has 0 aliphatic rings. The quantitative estimate of drug-likeness (QED) is 0.473. The first-order valence-corrected chi connectivity index (χ1v) is 8.54. The third kappa shape index (κ3) is 4.08. The van der Waals surface area contributed by atoms with Crippen molar-refractivity contribution in [2.24, 2.45) is 0 Å². The zero-order valence-corrected chi connectivity index (χ0v) is 14.4. The molecule has 0 saturated carbocycles. The van der Waals surface area contributed by atoms with Gasteiger partial charge >= 0.3 is 0 Å². The normalized spacial score (nSPS) is 10.6. The Hall–Kier alpha value is -2.47. The summed E-state index contributed by atoms with van der Waals surface area (Å²) in [4.78, 5) is 0. The number of benzene rings is 2. The van der Waals surface area contributed by atoms with Crippen LogP contribution in [0, 0.1) is 6.92 Å². The lowest BCUT2D eigenvalue weighted by Gasteiger charge is -2.05. The number of aryl methyl sites for hydroxylation is 1. The molecular weight excluding hydrogens is 324 g/mol. The molecule has 0 bridgehead atoms. The molecule has 0 amide bonds. The lowest BCUT2D eigenvalue weighted by molar-refractivity contribution is 0.343. The molecule has 2 aromatic carbocycles. The Bertz CT molecular complexity index is 804. The van der Waals surface area contributed by atoms with Gasteiger partial charge in [-0.2, -0.15) is 0 Å². The maximum Gasteiger partial charge on any atom is 0.276 e. The number of nitrogens with zero attached hydrogens (tertiary/aromatic N) is 2. The average molecular weight is 342 g/mol. The number of rotatable bonds is 7. The van der Waals surface area contributed by atoms with Crippen molar-refractivity contribution >= 4 is 11.8 Å². The van der Waals surface area contributed by atoms with Gasteiger partial charge in [0.1, 0.15) is 11.5 Å². The molecule has 0 spiro atoms. The van der Waals surface area contributed by atoms with E-state index < -0.39 is 0 Å². The molecule has 5 nitrogen and oxygen atoms in total. The van der Waals surface area contributed by atoms with Crippen LogP contribution in [0.25, 0.3) is 11.5 Å². The van der Waals surface area contributed by atoms with E-state index in [0.717, 1.165) is 17.1 Å². The molecule has 1 aromatic heterocycles. The summed E-state index contributed by atoms with van der Waals surface area (Å²) < 4.78 is 16.7. The molecule has 1 heterocycles. The van der Waals surface area contributed by atoms with E-state index in [0.29, 0.717) is 23.5 Å². The van der Waals surface area contributed by atoms with Crippen LogP contribution in [-0.2, 0) is 0 Å². The van der Waals surface area contributed by atoms with E-state index in [1.165, 1.54) is 17.3 Å². The van der Waals surface area contributed by atoms with Gasteiger partial charge in [0.05, 0.1) is 19.3 Å². The Morgan fingerprint density at radius 1 is 1.08 bits per heavy atom. The van der Waals surface area contributed by atoms with Crippen LogP contribution < -0.4 is 9.47 Å². The number of thioether (sulfide) groups is 1. The summed E-state index contributed by atoms with van der Waals surface area (Å²) in [5, 5.41) is 8.66. The highest BCUT2D eigenvalue weighted by molar-refractivity contribution is 7.99. The van der Waals surface area contributed by atoms with Gasteiger partial charge in [-0.1, -0.05) is 36.0 Å². The molecule has 0 N–H and O–H groups in total. The highest BCUT2D eigenvalue weighted by atomic mass is 32.2. The average Bonchev–Trinajstić information content (AvgIpc) is 3.07. The first-order valence-electron chi connectivity index (χ1n) is 7.55.